The van der Waals surface area contributed by atoms with E-state index >= 15 is 0 Å². The fourth-order valence-electron chi connectivity index (χ4n) is 4.72. The summed E-state index contributed by atoms with van der Waals surface area (Å²) in [6.45, 7) is 10.3. The van der Waals surface area contributed by atoms with Crippen LogP contribution in [0.15, 0.2) is 84.9 Å². The molecule has 1 aromatic carbocycles. The van der Waals surface area contributed by atoms with Crippen LogP contribution in [0.1, 0.15) is 31.7 Å². The molecule has 0 saturated carbocycles. The van der Waals surface area contributed by atoms with E-state index in [0.29, 0.717) is 18.1 Å². The van der Waals surface area contributed by atoms with Gasteiger partial charge in [-0.3, -0.25) is 9.48 Å². The van der Waals surface area contributed by atoms with Crippen molar-refractivity contribution in [2.45, 2.75) is 39.3 Å². The Labute approximate surface area is 217 Å². The van der Waals surface area contributed by atoms with E-state index < -0.39 is 0 Å². The van der Waals surface area contributed by atoms with Gasteiger partial charge in [-0.05, 0) is 56.7 Å². The quantitative estimate of drug-likeness (QED) is 0.446. The van der Waals surface area contributed by atoms with Gasteiger partial charge in [0.1, 0.15) is 11.8 Å². The largest absolute Gasteiger partial charge is 0.473 e. The summed E-state index contributed by atoms with van der Waals surface area (Å²) in [6.07, 6.45) is 11.1. The number of rotatable bonds is 8. The fraction of sp³-hybridized carbons (Fsp3) is 0.276. The van der Waals surface area contributed by atoms with Crippen LogP contribution in [0.3, 0.4) is 0 Å². The second-order valence-electron chi connectivity index (χ2n) is 9.05. The van der Waals surface area contributed by atoms with Crippen molar-refractivity contribution in [1.29, 1.82) is 0 Å². The van der Waals surface area contributed by atoms with E-state index in [0.717, 1.165) is 59.6 Å². The summed E-state index contributed by atoms with van der Waals surface area (Å²) in [5.41, 5.74) is 4.69. The van der Waals surface area contributed by atoms with Gasteiger partial charge in [0.15, 0.2) is 0 Å². The number of carbonyl (C=O) groups is 1. The second kappa shape index (κ2) is 10.8. The Morgan fingerprint density at radius 1 is 1.27 bits per heavy atom. The minimum atomic E-state index is -0.209. The number of nitrogens with one attached hydrogen (secondary N) is 2. The summed E-state index contributed by atoms with van der Waals surface area (Å²) in [6, 6.07) is 11.7. The first kappa shape index (κ1) is 24.5. The van der Waals surface area contributed by atoms with Crippen LogP contribution in [-0.2, 0) is 17.8 Å². The number of nitrogens with zero attached hydrogens (tertiary/aromatic N) is 4. The highest BCUT2D eigenvalue weighted by atomic mass is 16.5. The molecule has 0 spiro atoms. The summed E-state index contributed by atoms with van der Waals surface area (Å²) in [4.78, 5) is 19.8. The van der Waals surface area contributed by atoms with E-state index in [-0.39, 0.29) is 12.0 Å². The van der Waals surface area contributed by atoms with Crippen LogP contribution < -0.4 is 15.4 Å². The molecule has 37 heavy (non-hydrogen) atoms. The molecular weight excluding hydrogens is 464 g/mol. The first-order valence-electron chi connectivity index (χ1n) is 12.7. The number of benzene rings is 1. The SMILES string of the molecule is C=C1C=CC=CN1/C(=C\C)C(=O)Nc1cccc2c1c(CC)nn2Cc1cccc(OC2CCNC2)n1. The molecule has 3 aromatic rings. The van der Waals surface area contributed by atoms with Crippen molar-refractivity contribution in [2.75, 3.05) is 18.4 Å². The standard InChI is InChI=1S/C29H32N6O2/c1-4-23-28-24(32-29(36)25(5-2)34-17-7-6-10-20(34)3)12-9-13-26(28)35(33-23)19-21-11-8-14-27(31-21)37-22-15-16-30-18-22/h5-14,17,22,30H,3-4,15-16,18-19H2,1-2H3,(H,32,36)/b25-5-. The number of anilines is 1. The number of hydrogen-bond donors (Lipinski definition) is 2. The van der Waals surface area contributed by atoms with Crippen molar-refractivity contribution >= 4 is 22.5 Å². The van der Waals surface area contributed by atoms with E-state index in [1.807, 2.05) is 72.4 Å². The molecule has 2 aromatic heterocycles. The van der Waals surface area contributed by atoms with Gasteiger partial charge < -0.3 is 20.3 Å². The lowest BCUT2D eigenvalue weighted by Gasteiger charge is -2.25. The zero-order chi connectivity index (χ0) is 25.8. The first-order valence-corrected chi connectivity index (χ1v) is 12.7. The zero-order valence-electron chi connectivity index (χ0n) is 21.3. The average molecular weight is 497 g/mol. The Hall–Kier alpha value is -4.17. The Bertz CT molecular complexity index is 1410. The van der Waals surface area contributed by atoms with Gasteiger partial charge in [0.05, 0.1) is 29.1 Å². The minimum absolute atomic E-state index is 0.154. The van der Waals surface area contributed by atoms with Crippen molar-refractivity contribution in [2.24, 2.45) is 0 Å². The molecule has 0 radical (unpaired) electrons. The van der Waals surface area contributed by atoms with Crippen LogP contribution in [0.5, 0.6) is 5.88 Å². The average Bonchev–Trinajstić information content (AvgIpc) is 3.54. The number of carbonyl (C=O) groups excluding carboxylic acids is 1. The topological polar surface area (TPSA) is 84.3 Å². The lowest BCUT2D eigenvalue weighted by molar-refractivity contribution is -0.113. The van der Waals surface area contributed by atoms with Gasteiger partial charge in [-0.2, -0.15) is 5.10 Å². The molecule has 0 aliphatic carbocycles. The number of amides is 1. The fourth-order valence-corrected chi connectivity index (χ4v) is 4.72. The molecule has 4 heterocycles. The third-order valence-electron chi connectivity index (χ3n) is 6.54. The van der Waals surface area contributed by atoms with Gasteiger partial charge in [-0.15, -0.1) is 0 Å². The molecule has 2 aliphatic rings. The van der Waals surface area contributed by atoms with Gasteiger partial charge >= 0.3 is 0 Å². The smallest absolute Gasteiger partial charge is 0.272 e. The summed E-state index contributed by atoms with van der Waals surface area (Å²) < 4.78 is 7.99. The number of hydrogen-bond acceptors (Lipinski definition) is 6. The third-order valence-corrected chi connectivity index (χ3v) is 6.54. The Morgan fingerprint density at radius 2 is 2.14 bits per heavy atom. The molecular formula is C29H32N6O2. The highest BCUT2D eigenvalue weighted by Crippen LogP contribution is 2.29. The van der Waals surface area contributed by atoms with Crippen molar-refractivity contribution in [1.82, 2.24) is 25.0 Å². The summed E-state index contributed by atoms with van der Waals surface area (Å²) >= 11 is 0. The number of aromatic nitrogens is 3. The molecule has 2 N–H and O–H groups in total. The normalized spacial score (nSPS) is 17.6. The molecule has 190 valence electrons. The van der Waals surface area contributed by atoms with Gasteiger partial charge in [-0.25, -0.2) is 4.98 Å². The van der Waals surface area contributed by atoms with Crippen LogP contribution in [0.4, 0.5) is 5.69 Å². The highest BCUT2D eigenvalue weighted by molar-refractivity contribution is 6.09. The molecule has 1 amide bonds. The predicted molar refractivity (Wildman–Crippen MR) is 146 cm³/mol. The maximum absolute atomic E-state index is 13.3. The molecule has 5 rings (SSSR count). The molecule has 8 heteroatoms. The maximum Gasteiger partial charge on any atom is 0.272 e. The predicted octanol–water partition coefficient (Wildman–Crippen LogP) is 4.52. The van der Waals surface area contributed by atoms with Crippen LogP contribution >= 0.6 is 0 Å². The molecule has 0 bridgehead atoms. The molecule has 1 atom stereocenters. The van der Waals surface area contributed by atoms with Crippen LogP contribution in [0, 0.1) is 0 Å². The van der Waals surface area contributed by atoms with Crippen molar-refractivity contribution in [3.8, 4) is 5.88 Å². The summed E-state index contributed by atoms with van der Waals surface area (Å²) in [5.74, 6) is 0.423. The second-order valence-corrected chi connectivity index (χ2v) is 9.05. The van der Waals surface area contributed by atoms with Crippen LogP contribution in [0.25, 0.3) is 10.9 Å². The van der Waals surface area contributed by atoms with E-state index in [1.165, 1.54) is 0 Å². The van der Waals surface area contributed by atoms with E-state index in [1.54, 1.807) is 11.0 Å². The Kier molecular flexibility index (Phi) is 7.18. The number of fused-ring (bicyclic) bond motifs is 1. The van der Waals surface area contributed by atoms with Gasteiger partial charge in [0.25, 0.3) is 5.91 Å². The molecule has 1 fully saturated rings. The number of aryl methyl sites for hydroxylation is 1. The van der Waals surface area contributed by atoms with Crippen LogP contribution in [0.2, 0.25) is 0 Å². The van der Waals surface area contributed by atoms with Crippen LogP contribution in [-0.4, -0.2) is 44.8 Å². The molecule has 1 saturated heterocycles. The number of pyridine rings is 1. The molecule has 8 nitrogen and oxygen atoms in total. The zero-order valence-corrected chi connectivity index (χ0v) is 21.3. The van der Waals surface area contributed by atoms with Crippen molar-refractivity contribution < 1.29 is 9.53 Å². The lowest BCUT2D eigenvalue weighted by atomic mass is 10.1. The minimum Gasteiger partial charge on any atom is -0.473 e. The van der Waals surface area contributed by atoms with E-state index in [4.69, 9.17) is 14.8 Å². The maximum atomic E-state index is 13.3. The summed E-state index contributed by atoms with van der Waals surface area (Å²) in [5, 5.41) is 12.2. The number of allylic oxidation sites excluding steroid dienone is 4. The Morgan fingerprint density at radius 3 is 2.89 bits per heavy atom. The highest BCUT2D eigenvalue weighted by Gasteiger charge is 2.21. The van der Waals surface area contributed by atoms with Gasteiger partial charge in [0, 0.05) is 29.9 Å². The lowest BCUT2D eigenvalue weighted by Crippen LogP contribution is -2.26. The Balaban J connectivity index is 1.41. The third kappa shape index (κ3) is 5.20. The monoisotopic (exact) mass is 496 g/mol. The molecule has 1 unspecified atom stereocenters. The molecule has 2 aliphatic heterocycles. The van der Waals surface area contributed by atoms with E-state index in [9.17, 15) is 4.79 Å². The number of ether oxygens (including phenoxy) is 1. The van der Waals surface area contributed by atoms with Crippen molar-refractivity contribution in [3.63, 3.8) is 0 Å². The van der Waals surface area contributed by atoms with Gasteiger partial charge in [0.2, 0.25) is 5.88 Å². The van der Waals surface area contributed by atoms with Gasteiger partial charge in [-0.1, -0.05) is 37.8 Å². The summed E-state index contributed by atoms with van der Waals surface area (Å²) in [7, 11) is 0. The first-order chi connectivity index (χ1) is 18.1. The van der Waals surface area contributed by atoms with E-state index in [2.05, 4.69) is 24.1 Å². The van der Waals surface area contributed by atoms with Crippen molar-refractivity contribution in [3.05, 3.63) is 96.3 Å².